The monoisotopic (exact) mass is 1020 g/mol. The molecule has 0 N–H and O–H groups in total. The number of rotatable bonds is 62. The Labute approximate surface area is 450 Å². The summed E-state index contributed by atoms with van der Waals surface area (Å²) in [6.45, 7) is 6.66. The smallest absolute Gasteiger partial charge is 0.306 e. The average molecular weight is 1020 g/mol. The van der Waals surface area contributed by atoms with Crippen LogP contribution in [0.15, 0.2) is 0 Å². The van der Waals surface area contributed by atoms with E-state index in [0.717, 1.165) is 57.8 Å². The summed E-state index contributed by atoms with van der Waals surface area (Å²) in [5.74, 6) is -0.844. The summed E-state index contributed by atoms with van der Waals surface area (Å²) >= 11 is 0. The Bertz CT molecular complexity index is 1080. The first kappa shape index (κ1) is 70.4. The molecule has 0 aromatic rings. The highest BCUT2D eigenvalue weighted by Gasteiger charge is 2.19. The van der Waals surface area contributed by atoms with Gasteiger partial charge in [-0.3, -0.25) is 14.4 Å². The highest BCUT2D eigenvalue weighted by atomic mass is 16.6. The Kier molecular flexibility index (Phi) is 60.6. The van der Waals surface area contributed by atoms with E-state index >= 15 is 0 Å². The van der Waals surface area contributed by atoms with Crippen molar-refractivity contribution < 1.29 is 28.6 Å². The molecule has 6 nitrogen and oxygen atoms in total. The normalized spacial score (nSPS) is 11.9. The van der Waals surface area contributed by atoms with Gasteiger partial charge in [-0.1, -0.05) is 348 Å². The first-order valence-electron chi connectivity index (χ1n) is 33.0. The van der Waals surface area contributed by atoms with Crippen molar-refractivity contribution in [2.24, 2.45) is 0 Å². The first-order valence-corrected chi connectivity index (χ1v) is 33.0. The molecule has 1 unspecified atom stereocenters. The van der Waals surface area contributed by atoms with Gasteiger partial charge in [0.2, 0.25) is 0 Å². The number of carbonyl (C=O) groups is 3. The minimum absolute atomic E-state index is 0.0621. The lowest BCUT2D eigenvalue weighted by atomic mass is 10.0. The summed E-state index contributed by atoms with van der Waals surface area (Å²) in [6, 6.07) is 0. The maximum atomic E-state index is 12.8. The van der Waals surface area contributed by atoms with Gasteiger partial charge in [-0.2, -0.15) is 0 Å². The SMILES string of the molecule is CCCCCCCCCCCCCCCCCCCCCCCCCCCCCCCCCCCCCC(=O)OCC(COC(=O)CCCCCCCCC)OC(=O)CCCCCCCCCCCCCC. The van der Waals surface area contributed by atoms with E-state index in [2.05, 4.69) is 20.8 Å². The van der Waals surface area contributed by atoms with Crippen LogP contribution in [0.5, 0.6) is 0 Å². The van der Waals surface area contributed by atoms with Crippen molar-refractivity contribution in [3.8, 4) is 0 Å². The van der Waals surface area contributed by atoms with E-state index in [1.165, 1.54) is 289 Å². The number of unbranched alkanes of at least 4 members (excludes halogenated alkanes) is 51. The molecule has 428 valence electrons. The van der Waals surface area contributed by atoms with Crippen LogP contribution in [0.25, 0.3) is 0 Å². The standard InChI is InChI=1S/C66H128O6/c1-4-7-10-13-16-18-20-22-23-24-25-26-27-28-29-30-31-32-33-34-35-36-37-38-39-40-41-42-43-44-46-47-50-53-56-59-65(68)71-62-63(61-70-64(67)58-55-52-49-15-12-9-6-3)72-66(69)60-57-54-51-48-45-21-19-17-14-11-8-5-2/h63H,4-62H2,1-3H3. The van der Waals surface area contributed by atoms with Crippen LogP contribution in [0.3, 0.4) is 0 Å². The molecule has 0 saturated heterocycles. The van der Waals surface area contributed by atoms with Crippen LogP contribution in [0.1, 0.15) is 387 Å². The van der Waals surface area contributed by atoms with Crippen molar-refractivity contribution in [3.05, 3.63) is 0 Å². The molecular weight excluding hydrogens is 889 g/mol. The minimum atomic E-state index is -0.760. The Morgan fingerprint density at radius 3 is 0.556 bits per heavy atom. The van der Waals surface area contributed by atoms with E-state index in [1.54, 1.807) is 0 Å². The molecule has 6 heteroatoms. The van der Waals surface area contributed by atoms with Crippen LogP contribution in [0.4, 0.5) is 0 Å². The number of ether oxygens (including phenoxy) is 3. The number of esters is 3. The van der Waals surface area contributed by atoms with Gasteiger partial charge in [0, 0.05) is 19.3 Å². The third-order valence-electron chi connectivity index (χ3n) is 15.4. The zero-order valence-corrected chi connectivity index (χ0v) is 49.2. The van der Waals surface area contributed by atoms with Gasteiger partial charge in [-0.15, -0.1) is 0 Å². The van der Waals surface area contributed by atoms with Crippen LogP contribution in [0.2, 0.25) is 0 Å². The van der Waals surface area contributed by atoms with Crippen molar-refractivity contribution in [2.45, 2.75) is 393 Å². The molecule has 0 bridgehead atoms. The molecule has 0 aliphatic carbocycles. The van der Waals surface area contributed by atoms with Gasteiger partial charge in [-0.05, 0) is 19.3 Å². The third kappa shape index (κ3) is 59.3. The van der Waals surface area contributed by atoms with Gasteiger partial charge < -0.3 is 14.2 Å². The Hall–Kier alpha value is -1.59. The van der Waals surface area contributed by atoms with Crippen molar-refractivity contribution in [3.63, 3.8) is 0 Å². The van der Waals surface area contributed by atoms with Crippen LogP contribution in [0, 0.1) is 0 Å². The minimum Gasteiger partial charge on any atom is -0.462 e. The van der Waals surface area contributed by atoms with Crippen molar-refractivity contribution in [1.29, 1.82) is 0 Å². The molecule has 0 aromatic carbocycles. The fourth-order valence-electron chi connectivity index (χ4n) is 10.4. The van der Waals surface area contributed by atoms with E-state index in [0.29, 0.717) is 19.3 Å². The van der Waals surface area contributed by atoms with E-state index in [9.17, 15) is 14.4 Å². The Morgan fingerprint density at radius 1 is 0.222 bits per heavy atom. The predicted octanol–water partition coefficient (Wildman–Crippen LogP) is 22.3. The molecule has 0 amide bonds. The maximum Gasteiger partial charge on any atom is 0.306 e. The van der Waals surface area contributed by atoms with Crippen LogP contribution < -0.4 is 0 Å². The first-order chi connectivity index (χ1) is 35.5. The molecule has 0 rings (SSSR count). The molecule has 0 spiro atoms. The Morgan fingerprint density at radius 2 is 0.375 bits per heavy atom. The van der Waals surface area contributed by atoms with Crippen LogP contribution >= 0.6 is 0 Å². The highest BCUT2D eigenvalue weighted by Crippen LogP contribution is 2.19. The largest absolute Gasteiger partial charge is 0.462 e. The second-order valence-electron chi connectivity index (χ2n) is 22.8. The van der Waals surface area contributed by atoms with Crippen molar-refractivity contribution >= 4 is 17.9 Å². The van der Waals surface area contributed by atoms with Gasteiger partial charge >= 0.3 is 17.9 Å². The summed E-state index contributed by atoms with van der Waals surface area (Å²) < 4.78 is 16.8. The third-order valence-corrected chi connectivity index (χ3v) is 15.4. The molecule has 0 aromatic heterocycles. The quantitative estimate of drug-likeness (QED) is 0.0343. The lowest BCUT2D eigenvalue weighted by Crippen LogP contribution is -2.30. The van der Waals surface area contributed by atoms with Gasteiger partial charge in [0.05, 0.1) is 0 Å². The lowest BCUT2D eigenvalue weighted by Gasteiger charge is -2.18. The Balaban J connectivity index is 3.82. The van der Waals surface area contributed by atoms with E-state index in [-0.39, 0.29) is 31.1 Å². The fraction of sp³-hybridized carbons (Fsp3) is 0.955. The van der Waals surface area contributed by atoms with Gasteiger partial charge in [0.1, 0.15) is 13.2 Å². The van der Waals surface area contributed by atoms with Crippen LogP contribution in [-0.4, -0.2) is 37.2 Å². The van der Waals surface area contributed by atoms with E-state index in [4.69, 9.17) is 14.2 Å². The molecule has 72 heavy (non-hydrogen) atoms. The van der Waals surface area contributed by atoms with Gasteiger partial charge in [0.15, 0.2) is 6.10 Å². The summed E-state index contributed by atoms with van der Waals surface area (Å²) in [7, 11) is 0. The summed E-state index contributed by atoms with van der Waals surface area (Å²) in [4.78, 5) is 37.9. The molecule has 0 saturated carbocycles. The molecule has 1 atom stereocenters. The van der Waals surface area contributed by atoms with Crippen molar-refractivity contribution in [2.75, 3.05) is 13.2 Å². The molecule has 0 radical (unpaired) electrons. The highest BCUT2D eigenvalue weighted by molar-refractivity contribution is 5.71. The van der Waals surface area contributed by atoms with Crippen molar-refractivity contribution in [1.82, 2.24) is 0 Å². The zero-order chi connectivity index (χ0) is 52.2. The summed E-state index contributed by atoms with van der Waals surface area (Å²) in [6.07, 6.45) is 71.8. The predicted molar refractivity (Wildman–Crippen MR) is 312 cm³/mol. The lowest BCUT2D eigenvalue weighted by molar-refractivity contribution is -0.167. The molecule has 0 aliphatic heterocycles. The van der Waals surface area contributed by atoms with Gasteiger partial charge in [-0.25, -0.2) is 0 Å². The summed E-state index contributed by atoms with van der Waals surface area (Å²) in [5, 5.41) is 0. The number of hydrogen-bond acceptors (Lipinski definition) is 6. The fourth-order valence-corrected chi connectivity index (χ4v) is 10.4. The second-order valence-corrected chi connectivity index (χ2v) is 22.8. The topological polar surface area (TPSA) is 78.9 Å². The summed E-state index contributed by atoms with van der Waals surface area (Å²) in [5.41, 5.74) is 0. The van der Waals surface area contributed by atoms with E-state index < -0.39 is 6.10 Å². The zero-order valence-electron chi connectivity index (χ0n) is 49.2. The number of hydrogen-bond donors (Lipinski definition) is 0. The second kappa shape index (κ2) is 62.0. The average Bonchev–Trinajstić information content (AvgIpc) is 3.38. The van der Waals surface area contributed by atoms with Gasteiger partial charge in [0.25, 0.3) is 0 Å². The maximum absolute atomic E-state index is 12.8. The molecule has 0 heterocycles. The molecule has 0 fully saturated rings. The molecular formula is C66H128O6. The number of carbonyl (C=O) groups excluding carboxylic acids is 3. The van der Waals surface area contributed by atoms with E-state index in [1.807, 2.05) is 0 Å². The molecule has 0 aliphatic rings. The van der Waals surface area contributed by atoms with Crippen LogP contribution in [-0.2, 0) is 28.6 Å².